The Morgan fingerprint density at radius 2 is 1.90 bits per heavy atom. The lowest BCUT2D eigenvalue weighted by Crippen LogP contribution is -2.62. The third kappa shape index (κ3) is 8.53. The maximum absolute atomic E-state index is 13.4. The van der Waals surface area contributed by atoms with Crippen LogP contribution >= 0.6 is 0 Å². The predicted octanol–water partition coefficient (Wildman–Crippen LogP) is 3.50. The van der Waals surface area contributed by atoms with Crippen LogP contribution in [0.4, 0.5) is 4.79 Å². The second kappa shape index (κ2) is 17.6. The van der Waals surface area contributed by atoms with Crippen molar-refractivity contribution in [3.8, 4) is 0 Å². The van der Waals surface area contributed by atoms with Gasteiger partial charge in [0, 0.05) is 22.8 Å². The van der Waals surface area contributed by atoms with Crippen LogP contribution in [0.2, 0.25) is 0 Å². The summed E-state index contributed by atoms with van der Waals surface area (Å²) >= 11 is 0. The zero-order valence-electron chi connectivity index (χ0n) is 34.0. The van der Waals surface area contributed by atoms with Crippen molar-refractivity contribution >= 4 is 12.0 Å². The number of allylic oxidation sites excluding steroid dienone is 1. The first-order valence-electron chi connectivity index (χ1n) is 21.3. The van der Waals surface area contributed by atoms with Gasteiger partial charge in [-0.15, -0.1) is 0 Å². The molecule has 16 heteroatoms. The maximum Gasteiger partial charge on any atom is 0.408 e. The summed E-state index contributed by atoms with van der Waals surface area (Å²) in [5.41, 5.74) is 6.87. The highest BCUT2D eigenvalue weighted by molar-refractivity contribution is 5.86. The summed E-state index contributed by atoms with van der Waals surface area (Å²) in [5, 5.41) is 51.2. The average Bonchev–Trinajstić information content (AvgIpc) is 3.50. The summed E-state index contributed by atoms with van der Waals surface area (Å²) in [6.45, 7) is 4.66. The molecule has 13 atom stereocenters. The molecule has 6 unspecified atom stereocenters. The van der Waals surface area contributed by atoms with Crippen molar-refractivity contribution < 1.29 is 48.5 Å². The van der Waals surface area contributed by atoms with Crippen molar-refractivity contribution in [3.05, 3.63) is 79.9 Å². The van der Waals surface area contributed by atoms with Gasteiger partial charge >= 0.3 is 11.7 Å². The highest BCUT2D eigenvalue weighted by atomic mass is 16.7. The number of amides is 2. The van der Waals surface area contributed by atoms with Crippen LogP contribution < -0.4 is 22.0 Å². The lowest BCUT2D eigenvalue weighted by Gasteiger charge is -2.62. The average molecular weight is 825 g/mol. The highest BCUT2D eigenvalue weighted by Crippen LogP contribution is 2.70. The number of carbonyl (C=O) groups is 2. The molecule has 1 saturated heterocycles. The number of fused-ring (bicyclic) bond motifs is 5. The molecule has 4 fully saturated rings. The van der Waals surface area contributed by atoms with Crippen molar-refractivity contribution in [3.63, 3.8) is 0 Å². The van der Waals surface area contributed by atoms with Crippen LogP contribution in [-0.4, -0.2) is 100 Å². The Morgan fingerprint density at radius 3 is 2.61 bits per heavy atom. The van der Waals surface area contributed by atoms with Gasteiger partial charge < -0.3 is 50.3 Å². The van der Waals surface area contributed by atoms with Crippen LogP contribution in [0.15, 0.2) is 63.1 Å². The van der Waals surface area contributed by atoms with E-state index < -0.39 is 59.1 Å². The number of aliphatic hydroxyl groups is 3. The molecule has 0 spiro atoms. The van der Waals surface area contributed by atoms with Gasteiger partial charge in [0.1, 0.15) is 24.9 Å². The number of unbranched alkanes of at least 4 members (excludes halogenated alkanes) is 1. The number of hydrogen-bond donors (Lipinski definition) is 6. The lowest BCUT2D eigenvalue weighted by molar-refractivity contribution is -0.508. The Kier molecular flexibility index (Phi) is 12.9. The van der Waals surface area contributed by atoms with Crippen LogP contribution in [-0.2, 0) is 19.0 Å². The molecule has 2 heterocycles. The molecule has 7 rings (SSSR count). The summed E-state index contributed by atoms with van der Waals surface area (Å²) in [7, 11) is 0. The summed E-state index contributed by atoms with van der Waals surface area (Å²) in [4.78, 5) is 48.4. The number of aliphatic hydroxyl groups excluding tert-OH is 2. The second-order valence-corrected chi connectivity index (χ2v) is 18.0. The summed E-state index contributed by atoms with van der Waals surface area (Å²) in [5.74, 6) is -0.0447. The van der Waals surface area contributed by atoms with E-state index in [0.29, 0.717) is 43.7 Å². The summed E-state index contributed by atoms with van der Waals surface area (Å²) < 4.78 is 22.7. The first kappa shape index (κ1) is 43.2. The molecule has 59 heavy (non-hydrogen) atoms. The van der Waals surface area contributed by atoms with Crippen LogP contribution in [0.25, 0.3) is 0 Å². The maximum atomic E-state index is 13.4. The number of nitrogens with zero attached hydrogens (tertiary/aromatic N) is 1. The van der Waals surface area contributed by atoms with Crippen molar-refractivity contribution in [1.82, 2.24) is 10.6 Å². The van der Waals surface area contributed by atoms with Crippen LogP contribution in [0.3, 0.4) is 0 Å². The van der Waals surface area contributed by atoms with Gasteiger partial charge in [-0.3, -0.25) is 14.9 Å². The Bertz CT molecular complexity index is 1860. The number of rotatable bonds is 13. The molecule has 7 N–H and O–H groups in total. The fourth-order valence-corrected chi connectivity index (χ4v) is 11.4. The number of ether oxygens (including phenoxy) is 3. The number of alkyl carbamates (subject to hydrolysis) is 1. The van der Waals surface area contributed by atoms with E-state index in [4.69, 9.17) is 24.4 Å². The zero-order valence-corrected chi connectivity index (χ0v) is 34.0. The smallest absolute Gasteiger partial charge is 0.408 e. The van der Waals surface area contributed by atoms with Crippen molar-refractivity contribution in [2.24, 2.45) is 28.4 Å². The van der Waals surface area contributed by atoms with E-state index in [2.05, 4.69) is 30.6 Å². The molecule has 1 aromatic rings. The molecule has 1 aromatic heterocycles. The van der Waals surface area contributed by atoms with Crippen LogP contribution in [0.1, 0.15) is 102 Å². The molecule has 2 amide bonds. The quantitative estimate of drug-likeness (QED) is 0.0723. The highest BCUT2D eigenvalue weighted by Gasteiger charge is 2.66. The Labute approximate surface area is 343 Å². The molecule has 0 radical (unpaired) electrons. The molecule has 6 aliphatic rings. The van der Waals surface area contributed by atoms with Gasteiger partial charge in [0.2, 0.25) is 11.9 Å². The number of carbonyl (C=O) groups excluding carboxylic acids is 2. The minimum atomic E-state index is -1.46. The SMILES string of the molecule is C[C@]12CC[C@H](OC3OC[C@H](NC(=O)[C@H](CCCCN)NC(=O)OCC4=CCC([N+](=O)[O-])C=C4)C(O)C3O)C=C1CCC1C2CC[C@]2(C)[C@@H](c3ccc(=O)oc3)CC[C@]12O. The predicted molar refractivity (Wildman–Crippen MR) is 213 cm³/mol. The summed E-state index contributed by atoms with van der Waals surface area (Å²) in [6.07, 6.45) is 11.3. The monoisotopic (exact) mass is 824 g/mol. The van der Waals surface area contributed by atoms with Gasteiger partial charge in [-0.25, -0.2) is 9.59 Å². The van der Waals surface area contributed by atoms with Crippen molar-refractivity contribution in [2.75, 3.05) is 19.8 Å². The van der Waals surface area contributed by atoms with E-state index in [1.807, 2.05) is 6.07 Å². The molecule has 1 aliphatic heterocycles. The first-order valence-corrected chi connectivity index (χ1v) is 21.3. The third-order valence-electron chi connectivity index (χ3n) is 14.9. The molecule has 0 aromatic carbocycles. The number of nitrogens with two attached hydrogens (primary N) is 1. The molecular formula is C43H60N4O12. The van der Waals surface area contributed by atoms with E-state index in [0.717, 1.165) is 44.1 Å². The van der Waals surface area contributed by atoms with E-state index in [1.54, 1.807) is 12.3 Å². The molecule has 0 bridgehead atoms. The van der Waals surface area contributed by atoms with Crippen molar-refractivity contribution in [1.29, 1.82) is 0 Å². The van der Waals surface area contributed by atoms with E-state index in [1.165, 1.54) is 23.8 Å². The topological polar surface area (TPSA) is 246 Å². The van der Waals surface area contributed by atoms with Gasteiger partial charge in [-0.1, -0.05) is 37.6 Å². The van der Waals surface area contributed by atoms with Gasteiger partial charge in [0.15, 0.2) is 6.29 Å². The number of hydrogen-bond acceptors (Lipinski definition) is 13. The van der Waals surface area contributed by atoms with Crippen LogP contribution in [0, 0.1) is 32.8 Å². The van der Waals surface area contributed by atoms with Gasteiger partial charge in [-0.05, 0) is 124 Å². The standard InChI is InChI=1S/C43H60N4O12/c1-41-17-14-29(21-27(41)9-12-32-31(41)15-18-42(2)30(16-19-43(32,42)53)26-8-13-35(48)56-23-26)59-39-37(50)36(49)34(24-57-39)45-38(51)33(5-3-4-20-44)46-40(52)58-22-25-6-10-28(11-7-25)47(54)55/h6-8,10,13,21,23,28-34,36-37,39,49-50,53H,3-5,9,11-12,14-20,22,24,44H2,1-2H3,(H,45,51)(H,46,52)/t28?,29-,30+,31?,32?,33-,34-,36?,37?,39?,41-,42+,43-/m0/s1. The Morgan fingerprint density at radius 1 is 1.08 bits per heavy atom. The lowest BCUT2D eigenvalue weighted by atomic mass is 9.45. The molecule has 5 aliphatic carbocycles. The normalized spacial score (nSPS) is 38.1. The first-order chi connectivity index (χ1) is 28.2. The van der Waals surface area contributed by atoms with E-state index in [9.17, 15) is 39.8 Å². The van der Waals surface area contributed by atoms with Gasteiger partial charge in [0.25, 0.3) is 0 Å². The van der Waals surface area contributed by atoms with Crippen LogP contribution in [0.5, 0.6) is 0 Å². The number of nitro groups is 1. The molecule has 324 valence electrons. The van der Waals surface area contributed by atoms with Crippen molar-refractivity contribution in [2.45, 2.75) is 145 Å². The minimum absolute atomic E-state index is 0.115. The Balaban J connectivity index is 0.927. The second-order valence-electron chi connectivity index (χ2n) is 18.0. The third-order valence-corrected chi connectivity index (χ3v) is 14.9. The number of nitrogens with one attached hydrogen (secondary N) is 2. The Hall–Kier alpha value is -3.93. The fraction of sp³-hybridized carbons (Fsp3) is 0.698. The molecule has 16 nitrogen and oxygen atoms in total. The fourth-order valence-electron chi connectivity index (χ4n) is 11.4. The van der Waals surface area contributed by atoms with E-state index in [-0.39, 0.29) is 60.5 Å². The van der Waals surface area contributed by atoms with Gasteiger partial charge in [0.05, 0.1) is 30.6 Å². The summed E-state index contributed by atoms with van der Waals surface area (Å²) in [6, 6.07) is 0.485. The minimum Gasteiger partial charge on any atom is -0.445 e. The largest absolute Gasteiger partial charge is 0.445 e. The molecule has 3 saturated carbocycles. The van der Waals surface area contributed by atoms with E-state index >= 15 is 0 Å². The van der Waals surface area contributed by atoms with Gasteiger partial charge in [-0.2, -0.15) is 0 Å². The zero-order chi connectivity index (χ0) is 42.1. The molecular weight excluding hydrogens is 764 g/mol.